The zero-order chi connectivity index (χ0) is 25.6. The number of rotatable bonds is 16. The fraction of sp³-hybridized carbons (Fsp3) is 0.500. The Morgan fingerprint density at radius 2 is 1.69 bits per heavy atom. The molecular formula is C28H37NO7. The average molecular weight is 500 g/mol. The van der Waals surface area contributed by atoms with E-state index in [1.807, 2.05) is 18.2 Å². The van der Waals surface area contributed by atoms with E-state index in [0.717, 1.165) is 76.3 Å². The third kappa shape index (κ3) is 9.87. The first-order chi connectivity index (χ1) is 17.5. The first-order valence-corrected chi connectivity index (χ1v) is 12.7. The van der Waals surface area contributed by atoms with E-state index in [4.69, 9.17) is 24.4 Å². The van der Waals surface area contributed by atoms with Gasteiger partial charge in [0.2, 0.25) is 0 Å². The van der Waals surface area contributed by atoms with Crippen molar-refractivity contribution in [2.75, 3.05) is 39.5 Å². The summed E-state index contributed by atoms with van der Waals surface area (Å²) in [6.45, 7) is 5.20. The number of ether oxygens (including phenoxy) is 3. The van der Waals surface area contributed by atoms with Crippen molar-refractivity contribution < 1.29 is 34.0 Å². The highest BCUT2D eigenvalue weighted by Crippen LogP contribution is 2.24. The molecule has 2 aromatic carbocycles. The maximum Gasteiger partial charge on any atom is 0.335 e. The highest BCUT2D eigenvalue weighted by Gasteiger charge is 2.15. The van der Waals surface area contributed by atoms with E-state index in [-0.39, 0.29) is 18.1 Å². The van der Waals surface area contributed by atoms with Gasteiger partial charge in [0.25, 0.3) is 0 Å². The minimum absolute atomic E-state index is 0.121. The molecule has 8 nitrogen and oxygen atoms in total. The number of nitrogens with zero attached hydrogens (tertiary/aromatic N) is 1. The van der Waals surface area contributed by atoms with E-state index in [1.165, 1.54) is 12.1 Å². The molecule has 2 aromatic rings. The Morgan fingerprint density at radius 1 is 0.944 bits per heavy atom. The summed E-state index contributed by atoms with van der Waals surface area (Å²) in [6, 6.07) is 14.4. The SMILES string of the molecule is O=C(O)CCCCC(CCc1ccccc1OCCCN1CCOCC1)Oc1ccc(C(=O)O)cc1. The highest BCUT2D eigenvalue weighted by atomic mass is 16.5. The normalized spacial score (nSPS) is 14.8. The van der Waals surface area contributed by atoms with Crippen molar-refractivity contribution >= 4 is 11.9 Å². The zero-order valence-corrected chi connectivity index (χ0v) is 20.8. The van der Waals surface area contributed by atoms with Crippen LogP contribution in [0.1, 0.15) is 54.4 Å². The average Bonchev–Trinajstić information content (AvgIpc) is 2.89. The lowest BCUT2D eigenvalue weighted by atomic mass is 10.0. The first kappa shape index (κ1) is 27.5. The molecule has 8 heteroatoms. The van der Waals surface area contributed by atoms with Crippen LogP contribution in [0.3, 0.4) is 0 Å². The van der Waals surface area contributed by atoms with Crippen LogP contribution in [-0.2, 0) is 16.0 Å². The number of para-hydroxylation sites is 1. The van der Waals surface area contributed by atoms with Crippen molar-refractivity contribution in [3.8, 4) is 11.5 Å². The Kier molecular flexibility index (Phi) is 11.5. The third-order valence-corrected chi connectivity index (χ3v) is 6.26. The van der Waals surface area contributed by atoms with Crippen LogP contribution in [0.4, 0.5) is 0 Å². The molecule has 0 bridgehead atoms. The summed E-state index contributed by atoms with van der Waals surface area (Å²) in [5.74, 6) is -0.282. The molecule has 1 aliphatic rings. The number of aromatic carboxylic acids is 1. The number of hydrogen-bond acceptors (Lipinski definition) is 6. The van der Waals surface area contributed by atoms with Crippen molar-refractivity contribution in [1.29, 1.82) is 0 Å². The Bertz CT molecular complexity index is 941. The van der Waals surface area contributed by atoms with Gasteiger partial charge in [0.15, 0.2) is 0 Å². The molecule has 36 heavy (non-hydrogen) atoms. The van der Waals surface area contributed by atoms with Gasteiger partial charge in [0, 0.05) is 26.1 Å². The molecule has 1 saturated heterocycles. The minimum atomic E-state index is -0.978. The van der Waals surface area contributed by atoms with Crippen LogP contribution in [0.25, 0.3) is 0 Å². The second-order valence-electron chi connectivity index (χ2n) is 9.01. The monoisotopic (exact) mass is 499 g/mol. The number of morpholine rings is 1. The van der Waals surface area contributed by atoms with Crippen molar-refractivity contribution in [2.24, 2.45) is 0 Å². The van der Waals surface area contributed by atoms with E-state index in [2.05, 4.69) is 11.0 Å². The molecule has 0 spiro atoms. The predicted octanol–water partition coefficient (Wildman–Crippen LogP) is 4.51. The minimum Gasteiger partial charge on any atom is -0.493 e. The van der Waals surface area contributed by atoms with Gasteiger partial charge >= 0.3 is 11.9 Å². The summed E-state index contributed by atoms with van der Waals surface area (Å²) in [4.78, 5) is 24.4. The Labute approximate surface area is 212 Å². The molecule has 196 valence electrons. The topological polar surface area (TPSA) is 106 Å². The Hall–Kier alpha value is -3.10. The molecule has 0 amide bonds. The quantitative estimate of drug-likeness (QED) is 0.325. The lowest BCUT2D eigenvalue weighted by Gasteiger charge is -2.26. The van der Waals surface area contributed by atoms with E-state index in [0.29, 0.717) is 18.8 Å². The van der Waals surface area contributed by atoms with E-state index in [9.17, 15) is 9.59 Å². The number of carboxylic acid groups (broad SMARTS) is 2. The van der Waals surface area contributed by atoms with Gasteiger partial charge in [0.1, 0.15) is 11.5 Å². The number of hydrogen-bond donors (Lipinski definition) is 2. The summed E-state index contributed by atoms with van der Waals surface area (Å²) in [5, 5.41) is 18.0. The molecule has 1 unspecified atom stereocenters. The number of aliphatic carboxylic acids is 1. The van der Waals surface area contributed by atoms with Crippen molar-refractivity contribution in [1.82, 2.24) is 4.90 Å². The number of unbranched alkanes of at least 4 members (excludes halogenated alkanes) is 1. The van der Waals surface area contributed by atoms with Gasteiger partial charge in [-0.1, -0.05) is 18.2 Å². The third-order valence-electron chi connectivity index (χ3n) is 6.26. The van der Waals surface area contributed by atoms with Crippen LogP contribution >= 0.6 is 0 Å². The van der Waals surface area contributed by atoms with Gasteiger partial charge in [-0.15, -0.1) is 0 Å². The van der Waals surface area contributed by atoms with Gasteiger partial charge in [-0.3, -0.25) is 9.69 Å². The summed E-state index contributed by atoms with van der Waals surface area (Å²) in [7, 11) is 0. The van der Waals surface area contributed by atoms with Crippen LogP contribution in [0.2, 0.25) is 0 Å². The predicted molar refractivity (Wildman–Crippen MR) is 136 cm³/mol. The molecular weight excluding hydrogens is 462 g/mol. The molecule has 1 atom stereocenters. The van der Waals surface area contributed by atoms with Gasteiger partial charge in [-0.25, -0.2) is 4.79 Å². The van der Waals surface area contributed by atoms with Gasteiger partial charge in [0.05, 0.1) is 31.5 Å². The lowest BCUT2D eigenvalue weighted by Crippen LogP contribution is -2.37. The van der Waals surface area contributed by atoms with E-state index >= 15 is 0 Å². The van der Waals surface area contributed by atoms with Crippen LogP contribution in [0, 0.1) is 0 Å². The number of aryl methyl sites for hydroxylation is 1. The fourth-order valence-corrected chi connectivity index (χ4v) is 4.24. The number of carbonyl (C=O) groups is 2. The second kappa shape index (κ2) is 15.1. The summed E-state index contributed by atoms with van der Waals surface area (Å²) < 4.78 is 17.7. The summed E-state index contributed by atoms with van der Waals surface area (Å²) in [5.41, 5.74) is 1.32. The van der Waals surface area contributed by atoms with Crippen molar-refractivity contribution in [2.45, 2.75) is 51.0 Å². The van der Waals surface area contributed by atoms with Crippen LogP contribution in [0.15, 0.2) is 48.5 Å². The van der Waals surface area contributed by atoms with Crippen LogP contribution < -0.4 is 9.47 Å². The molecule has 1 aliphatic heterocycles. The van der Waals surface area contributed by atoms with Crippen LogP contribution in [0.5, 0.6) is 11.5 Å². The molecule has 0 saturated carbocycles. The summed E-state index contributed by atoms with van der Waals surface area (Å²) >= 11 is 0. The van der Waals surface area contributed by atoms with Gasteiger partial charge < -0.3 is 24.4 Å². The zero-order valence-electron chi connectivity index (χ0n) is 20.8. The molecule has 0 aromatic heterocycles. The molecule has 0 aliphatic carbocycles. The lowest BCUT2D eigenvalue weighted by molar-refractivity contribution is -0.137. The second-order valence-corrected chi connectivity index (χ2v) is 9.01. The molecule has 0 radical (unpaired) electrons. The van der Waals surface area contributed by atoms with Crippen molar-refractivity contribution in [3.63, 3.8) is 0 Å². The van der Waals surface area contributed by atoms with Gasteiger partial charge in [-0.05, 0) is 74.4 Å². The molecule has 2 N–H and O–H groups in total. The fourth-order valence-electron chi connectivity index (χ4n) is 4.24. The first-order valence-electron chi connectivity index (χ1n) is 12.7. The highest BCUT2D eigenvalue weighted by molar-refractivity contribution is 5.87. The standard InChI is InChI=1S/C28H37NO7/c30-27(31)9-4-2-7-24(36-25-14-11-23(12-15-25)28(32)33)13-10-22-6-1-3-8-26(22)35-19-5-16-29-17-20-34-21-18-29/h1,3,6,8,11-12,14-15,24H,2,4-5,7,9-10,13,16-21H2,(H,30,31)(H,32,33). The number of carboxylic acids is 2. The summed E-state index contributed by atoms with van der Waals surface area (Å²) in [6.07, 6.45) is 4.52. The van der Waals surface area contributed by atoms with Crippen LogP contribution in [-0.4, -0.2) is 72.6 Å². The van der Waals surface area contributed by atoms with E-state index in [1.54, 1.807) is 12.1 Å². The molecule has 1 fully saturated rings. The largest absolute Gasteiger partial charge is 0.493 e. The maximum absolute atomic E-state index is 11.1. The number of benzene rings is 2. The molecule has 1 heterocycles. The smallest absolute Gasteiger partial charge is 0.335 e. The molecule has 3 rings (SSSR count). The maximum atomic E-state index is 11.1. The Morgan fingerprint density at radius 3 is 2.42 bits per heavy atom. The van der Waals surface area contributed by atoms with E-state index < -0.39 is 11.9 Å². The van der Waals surface area contributed by atoms with Gasteiger partial charge in [-0.2, -0.15) is 0 Å². The Balaban J connectivity index is 1.53. The van der Waals surface area contributed by atoms with Crippen molar-refractivity contribution in [3.05, 3.63) is 59.7 Å².